The number of halogens is 3. The highest BCUT2D eigenvalue weighted by Gasteiger charge is 2.32. The van der Waals surface area contributed by atoms with Gasteiger partial charge in [-0.05, 0) is 74.4 Å². The van der Waals surface area contributed by atoms with Crippen molar-refractivity contribution >= 4 is 18.3 Å². The lowest BCUT2D eigenvalue weighted by Crippen LogP contribution is -2.51. The molecule has 44 heavy (non-hydrogen) atoms. The number of carbonyl (C=O) groups is 3. The summed E-state index contributed by atoms with van der Waals surface area (Å²) in [7, 11) is 0. The Bertz CT molecular complexity index is 1070. The first-order valence-corrected chi connectivity index (χ1v) is 14.7. The fourth-order valence-electron chi connectivity index (χ4n) is 4.05. The third-order valence-corrected chi connectivity index (χ3v) is 6.14. The summed E-state index contributed by atoms with van der Waals surface area (Å²) in [6, 6.07) is 2.29. The molecule has 1 aromatic heterocycles. The van der Waals surface area contributed by atoms with Gasteiger partial charge in [-0.2, -0.15) is 13.2 Å². The molecule has 0 aliphatic carbocycles. The topological polar surface area (TPSA) is 105 Å². The number of alkyl halides is 3. The molecule has 11 nitrogen and oxygen atoms in total. The molecule has 0 atom stereocenters. The molecule has 1 fully saturated rings. The van der Waals surface area contributed by atoms with Crippen LogP contribution in [-0.4, -0.2) is 112 Å². The van der Waals surface area contributed by atoms with Gasteiger partial charge in [-0.15, -0.1) is 0 Å². The number of rotatable bonds is 2. The third kappa shape index (κ3) is 13.6. The zero-order valence-electron chi connectivity index (χ0n) is 27.4. The molecule has 14 heteroatoms. The van der Waals surface area contributed by atoms with E-state index in [-0.39, 0.29) is 58.9 Å². The zero-order valence-corrected chi connectivity index (χ0v) is 27.4. The maximum Gasteiger partial charge on any atom is 0.417 e. The van der Waals surface area contributed by atoms with Crippen LogP contribution in [0.5, 0.6) is 0 Å². The number of carbonyl (C=O) groups excluding carboxylic acids is 3. The predicted octanol–water partition coefficient (Wildman–Crippen LogP) is 5.63. The van der Waals surface area contributed by atoms with Gasteiger partial charge in [0, 0.05) is 65.1 Å². The molecule has 1 aromatic rings. The van der Waals surface area contributed by atoms with E-state index in [2.05, 4.69) is 4.98 Å². The van der Waals surface area contributed by atoms with Crippen molar-refractivity contribution < 1.29 is 41.8 Å². The Hall–Kier alpha value is -3.29. The van der Waals surface area contributed by atoms with E-state index in [0.29, 0.717) is 5.69 Å². The fraction of sp³-hybridized carbons (Fsp3) is 0.733. The second-order valence-corrected chi connectivity index (χ2v) is 13.7. The Morgan fingerprint density at radius 1 is 0.636 bits per heavy atom. The van der Waals surface area contributed by atoms with E-state index >= 15 is 0 Å². The molecule has 0 radical (unpaired) electrons. The van der Waals surface area contributed by atoms with Crippen molar-refractivity contribution in [2.24, 2.45) is 0 Å². The van der Waals surface area contributed by atoms with E-state index in [1.807, 2.05) is 4.90 Å². The third-order valence-electron chi connectivity index (χ3n) is 6.14. The van der Waals surface area contributed by atoms with E-state index in [4.69, 9.17) is 14.2 Å². The van der Waals surface area contributed by atoms with Crippen LogP contribution in [0.15, 0.2) is 18.3 Å². The van der Waals surface area contributed by atoms with Gasteiger partial charge < -0.3 is 28.9 Å². The maximum absolute atomic E-state index is 13.2. The summed E-state index contributed by atoms with van der Waals surface area (Å²) in [6.07, 6.45) is -5.44. The lowest BCUT2D eigenvalue weighted by molar-refractivity contribution is -0.137. The quantitative estimate of drug-likeness (QED) is 0.387. The molecule has 0 bridgehead atoms. The largest absolute Gasteiger partial charge is 0.444 e. The minimum Gasteiger partial charge on any atom is -0.444 e. The maximum atomic E-state index is 13.2. The minimum atomic E-state index is -4.51. The van der Waals surface area contributed by atoms with Gasteiger partial charge in [-0.3, -0.25) is 9.88 Å². The van der Waals surface area contributed by atoms with Gasteiger partial charge in [-0.1, -0.05) is 0 Å². The normalized spacial score (nSPS) is 17.0. The first kappa shape index (κ1) is 36.9. The first-order valence-electron chi connectivity index (χ1n) is 14.7. The van der Waals surface area contributed by atoms with Crippen LogP contribution in [-0.2, 0) is 26.9 Å². The zero-order chi connectivity index (χ0) is 33.5. The summed E-state index contributed by atoms with van der Waals surface area (Å²) in [4.78, 5) is 49.8. The molecular weight excluding hydrogens is 583 g/mol. The number of aromatic nitrogens is 1. The van der Waals surface area contributed by atoms with Crippen LogP contribution in [0.1, 0.15) is 73.6 Å². The lowest BCUT2D eigenvalue weighted by atomic mass is 10.2. The van der Waals surface area contributed by atoms with E-state index in [1.165, 1.54) is 20.8 Å². The van der Waals surface area contributed by atoms with Gasteiger partial charge in [-0.25, -0.2) is 14.4 Å². The molecule has 2 heterocycles. The molecule has 0 unspecified atom stereocenters. The van der Waals surface area contributed by atoms with Gasteiger partial charge in [0.1, 0.15) is 16.8 Å². The highest BCUT2D eigenvalue weighted by atomic mass is 19.4. The molecule has 0 N–H and O–H groups in total. The smallest absolute Gasteiger partial charge is 0.417 e. The number of nitrogens with zero attached hydrogens (tertiary/aromatic N) is 5. The van der Waals surface area contributed by atoms with Crippen molar-refractivity contribution in [3.63, 3.8) is 0 Å². The summed E-state index contributed by atoms with van der Waals surface area (Å²) in [6.45, 7) is 17.3. The summed E-state index contributed by atoms with van der Waals surface area (Å²) in [5.74, 6) is 0. The Balaban J connectivity index is 2.39. The number of ether oxygens (including phenoxy) is 3. The van der Waals surface area contributed by atoms with Crippen LogP contribution >= 0.6 is 0 Å². The Kier molecular flexibility index (Phi) is 12.3. The van der Waals surface area contributed by atoms with Crippen LogP contribution < -0.4 is 0 Å². The van der Waals surface area contributed by atoms with Crippen LogP contribution in [0.25, 0.3) is 0 Å². The standard InChI is InChI=1S/C30H48F3N5O6/c1-27(2,3)42-24(39)36-14-12-35(21-23-11-10-22(20-34-23)30(31,32)33)13-15-37(25(40)43-28(4,5)6)17-19-38(18-16-36)26(41)44-29(7,8)9/h10-11,20H,12-19,21H2,1-9H3. The average Bonchev–Trinajstić information content (AvgIpc) is 2.82. The van der Waals surface area contributed by atoms with Gasteiger partial charge >= 0.3 is 24.5 Å². The monoisotopic (exact) mass is 631 g/mol. The molecule has 1 aliphatic rings. The summed E-state index contributed by atoms with van der Waals surface area (Å²) in [5.41, 5.74) is -2.73. The molecule has 1 saturated heterocycles. The van der Waals surface area contributed by atoms with Crippen molar-refractivity contribution in [3.8, 4) is 0 Å². The molecule has 0 saturated carbocycles. The Labute approximate surface area is 258 Å². The first-order chi connectivity index (χ1) is 20.0. The van der Waals surface area contributed by atoms with Crippen LogP contribution in [0.3, 0.4) is 0 Å². The molecule has 0 aromatic carbocycles. The van der Waals surface area contributed by atoms with Crippen LogP contribution in [0.2, 0.25) is 0 Å². The van der Waals surface area contributed by atoms with E-state index in [0.717, 1.165) is 12.3 Å². The minimum absolute atomic E-state index is 0.108. The molecule has 2 rings (SSSR count). The summed E-state index contributed by atoms with van der Waals surface area (Å²) >= 11 is 0. The highest BCUT2D eigenvalue weighted by Crippen LogP contribution is 2.28. The molecule has 0 spiro atoms. The number of hydrogen-bond donors (Lipinski definition) is 0. The van der Waals surface area contributed by atoms with Gasteiger partial charge in [0.05, 0.1) is 11.3 Å². The number of amides is 3. The molecule has 250 valence electrons. The Morgan fingerprint density at radius 3 is 1.25 bits per heavy atom. The van der Waals surface area contributed by atoms with E-state index < -0.39 is 46.8 Å². The predicted molar refractivity (Wildman–Crippen MR) is 158 cm³/mol. The second kappa shape index (κ2) is 14.7. The van der Waals surface area contributed by atoms with Crippen LogP contribution in [0, 0.1) is 0 Å². The summed E-state index contributed by atoms with van der Waals surface area (Å²) in [5, 5.41) is 0. The van der Waals surface area contributed by atoms with Crippen molar-refractivity contribution in [2.45, 2.75) is 91.8 Å². The van der Waals surface area contributed by atoms with Crippen molar-refractivity contribution in [1.82, 2.24) is 24.6 Å². The molecular formula is C30H48F3N5O6. The van der Waals surface area contributed by atoms with Gasteiger partial charge in [0.15, 0.2) is 0 Å². The number of hydrogen-bond acceptors (Lipinski definition) is 8. The highest BCUT2D eigenvalue weighted by molar-refractivity contribution is 5.70. The van der Waals surface area contributed by atoms with Crippen molar-refractivity contribution in [3.05, 3.63) is 29.6 Å². The SMILES string of the molecule is CC(C)(C)OC(=O)N1CCN(Cc2ccc(C(F)(F)F)cn2)CCN(C(=O)OC(C)(C)C)CCN(C(=O)OC(C)(C)C)CC1. The molecule has 3 amide bonds. The van der Waals surface area contributed by atoms with E-state index in [1.54, 1.807) is 62.3 Å². The fourth-order valence-corrected chi connectivity index (χ4v) is 4.05. The molecule has 1 aliphatic heterocycles. The average molecular weight is 632 g/mol. The van der Waals surface area contributed by atoms with Crippen molar-refractivity contribution in [2.75, 3.05) is 52.4 Å². The van der Waals surface area contributed by atoms with Crippen LogP contribution in [0.4, 0.5) is 27.6 Å². The van der Waals surface area contributed by atoms with Crippen molar-refractivity contribution in [1.29, 1.82) is 0 Å². The van der Waals surface area contributed by atoms with E-state index in [9.17, 15) is 27.6 Å². The number of pyridine rings is 1. The van der Waals surface area contributed by atoms with Gasteiger partial charge in [0.2, 0.25) is 0 Å². The van der Waals surface area contributed by atoms with Gasteiger partial charge in [0.25, 0.3) is 0 Å². The Morgan fingerprint density at radius 2 is 0.977 bits per heavy atom. The second-order valence-electron chi connectivity index (χ2n) is 13.7. The summed E-state index contributed by atoms with van der Waals surface area (Å²) < 4.78 is 56.1. The lowest BCUT2D eigenvalue weighted by Gasteiger charge is -2.35.